The summed E-state index contributed by atoms with van der Waals surface area (Å²) >= 11 is 0. The van der Waals surface area contributed by atoms with Gasteiger partial charge in [0.15, 0.2) is 0 Å². The number of amides is 1. The van der Waals surface area contributed by atoms with E-state index in [9.17, 15) is 4.79 Å². The summed E-state index contributed by atoms with van der Waals surface area (Å²) in [6.07, 6.45) is 0.568. The van der Waals surface area contributed by atoms with Crippen LogP contribution in [0.2, 0.25) is 0 Å². The summed E-state index contributed by atoms with van der Waals surface area (Å²) in [5.74, 6) is 0. The minimum atomic E-state index is -0.753. The van der Waals surface area contributed by atoms with Crippen LogP contribution in [0.5, 0.6) is 0 Å². The number of nitrogens with two attached hydrogens (primary N) is 1. The van der Waals surface area contributed by atoms with Crippen LogP contribution in [0.3, 0.4) is 0 Å². The molecule has 0 saturated carbocycles. The van der Waals surface area contributed by atoms with Crippen LogP contribution in [-0.4, -0.2) is 6.09 Å². The van der Waals surface area contributed by atoms with Crippen LogP contribution in [0, 0.1) is 11.3 Å². The molecular weight excluding hydrogens is 192 g/mol. The minimum absolute atomic E-state index is 0.245. The molecule has 0 bridgehead atoms. The Kier molecular flexibility index (Phi) is 2.30. The van der Waals surface area contributed by atoms with Gasteiger partial charge < -0.3 is 10.5 Å². The molecule has 0 radical (unpaired) electrons. The molecule has 0 aromatic heterocycles. The maximum Gasteiger partial charge on any atom is 0.405 e. The number of primary amides is 1. The Bertz CT molecular complexity index is 448. The van der Waals surface area contributed by atoms with E-state index in [-0.39, 0.29) is 6.10 Å². The van der Waals surface area contributed by atoms with Gasteiger partial charge in [-0.05, 0) is 36.1 Å². The molecule has 0 fully saturated rings. The highest BCUT2D eigenvalue weighted by atomic mass is 16.6. The quantitative estimate of drug-likeness (QED) is 0.752. The van der Waals surface area contributed by atoms with Gasteiger partial charge in [-0.1, -0.05) is 6.07 Å². The molecule has 4 heteroatoms. The zero-order valence-corrected chi connectivity index (χ0v) is 8.06. The molecule has 1 aliphatic carbocycles. The van der Waals surface area contributed by atoms with Crippen molar-refractivity contribution in [1.82, 2.24) is 0 Å². The third kappa shape index (κ3) is 1.77. The summed E-state index contributed by atoms with van der Waals surface area (Å²) in [6, 6.07) is 7.46. The van der Waals surface area contributed by atoms with Crippen LogP contribution >= 0.6 is 0 Å². The second-order valence-electron chi connectivity index (χ2n) is 3.49. The number of carbonyl (C=O) groups is 1. The molecule has 2 N–H and O–H groups in total. The predicted molar refractivity (Wildman–Crippen MR) is 52.9 cm³/mol. The van der Waals surface area contributed by atoms with Gasteiger partial charge in [-0.3, -0.25) is 0 Å². The van der Waals surface area contributed by atoms with E-state index in [0.29, 0.717) is 5.56 Å². The number of ether oxygens (including phenoxy) is 1. The molecule has 2 rings (SSSR count). The fourth-order valence-electron chi connectivity index (χ4n) is 1.91. The maximum atomic E-state index is 10.6. The predicted octanol–water partition coefficient (Wildman–Crippen LogP) is 1.64. The van der Waals surface area contributed by atoms with E-state index in [1.54, 1.807) is 6.07 Å². The number of rotatable bonds is 1. The fraction of sp³-hybridized carbons (Fsp3) is 0.273. The van der Waals surface area contributed by atoms with Crippen molar-refractivity contribution in [3.63, 3.8) is 0 Å². The van der Waals surface area contributed by atoms with E-state index in [0.717, 1.165) is 24.0 Å². The number of nitrogens with zero attached hydrogens (tertiary/aromatic N) is 1. The van der Waals surface area contributed by atoms with Gasteiger partial charge in [0.05, 0.1) is 11.6 Å². The summed E-state index contributed by atoms with van der Waals surface area (Å²) in [5.41, 5.74) is 7.64. The highest BCUT2D eigenvalue weighted by Crippen LogP contribution is 2.34. The van der Waals surface area contributed by atoms with Gasteiger partial charge in [0.25, 0.3) is 0 Å². The number of fused-ring (bicyclic) bond motifs is 1. The number of benzene rings is 1. The van der Waals surface area contributed by atoms with E-state index in [2.05, 4.69) is 6.07 Å². The first-order valence-corrected chi connectivity index (χ1v) is 4.69. The molecule has 1 aromatic rings. The van der Waals surface area contributed by atoms with Gasteiger partial charge in [0.1, 0.15) is 6.10 Å². The van der Waals surface area contributed by atoms with Crippen LogP contribution in [-0.2, 0) is 11.2 Å². The van der Waals surface area contributed by atoms with E-state index >= 15 is 0 Å². The molecule has 0 aliphatic heterocycles. The molecule has 15 heavy (non-hydrogen) atoms. The summed E-state index contributed by atoms with van der Waals surface area (Å²) in [4.78, 5) is 10.6. The first-order valence-electron chi connectivity index (χ1n) is 4.69. The molecule has 1 aliphatic rings. The Morgan fingerprint density at radius 1 is 1.60 bits per heavy atom. The van der Waals surface area contributed by atoms with E-state index < -0.39 is 6.09 Å². The SMILES string of the molecule is N#Cc1ccc2c(c1)CCC2OC(N)=O. The molecule has 1 aromatic carbocycles. The second kappa shape index (κ2) is 3.62. The van der Waals surface area contributed by atoms with Gasteiger partial charge >= 0.3 is 6.09 Å². The molecule has 0 spiro atoms. The van der Waals surface area contributed by atoms with E-state index in [4.69, 9.17) is 15.7 Å². The zero-order chi connectivity index (χ0) is 10.8. The Morgan fingerprint density at radius 2 is 2.40 bits per heavy atom. The molecule has 1 amide bonds. The summed E-state index contributed by atoms with van der Waals surface area (Å²) in [6.45, 7) is 0. The molecule has 0 heterocycles. The molecule has 1 unspecified atom stereocenters. The van der Waals surface area contributed by atoms with Crippen molar-refractivity contribution in [3.05, 3.63) is 34.9 Å². The zero-order valence-electron chi connectivity index (χ0n) is 8.06. The Hall–Kier alpha value is -2.02. The van der Waals surface area contributed by atoms with Gasteiger partial charge in [0.2, 0.25) is 0 Å². The molecule has 0 saturated heterocycles. The van der Waals surface area contributed by atoms with Crippen LogP contribution < -0.4 is 5.73 Å². The number of hydrogen-bond acceptors (Lipinski definition) is 3. The first kappa shape index (κ1) is 9.53. The van der Waals surface area contributed by atoms with Crippen LogP contribution in [0.4, 0.5) is 4.79 Å². The van der Waals surface area contributed by atoms with E-state index in [1.165, 1.54) is 0 Å². The average Bonchev–Trinajstić information content (AvgIpc) is 2.60. The number of hydrogen-bond donors (Lipinski definition) is 1. The van der Waals surface area contributed by atoms with Gasteiger partial charge in [-0.2, -0.15) is 5.26 Å². The number of aryl methyl sites for hydroxylation is 1. The summed E-state index contributed by atoms with van der Waals surface area (Å²) in [7, 11) is 0. The Morgan fingerprint density at radius 3 is 3.07 bits per heavy atom. The maximum absolute atomic E-state index is 10.6. The molecule has 4 nitrogen and oxygen atoms in total. The van der Waals surface area contributed by atoms with Crippen molar-refractivity contribution in [2.24, 2.45) is 5.73 Å². The normalized spacial score (nSPS) is 17.9. The minimum Gasteiger partial charge on any atom is -0.441 e. The topological polar surface area (TPSA) is 76.1 Å². The lowest BCUT2D eigenvalue weighted by Gasteiger charge is -2.10. The third-order valence-electron chi connectivity index (χ3n) is 2.55. The Labute approximate surface area is 87.3 Å². The van der Waals surface area contributed by atoms with Crippen molar-refractivity contribution < 1.29 is 9.53 Å². The van der Waals surface area contributed by atoms with Gasteiger partial charge in [0, 0.05) is 0 Å². The standard InChI is InChI=1S/C11H10N2O2/c12-6-7-1-3-9-8(5-7)2-4-10(9)15-11(13)14/h1,3,5,10H,2,4H2,(H2,13,14). The Balaban J connectivity index is 2.29. The molecule has 1 atom stereocenters. The second-order valence-corrected chi connectivity index (χ2v) is 3.49. The van der Waals surface area contributed by atoms with Crippen molar-refractivity contribution in [2.45, 2.75) is 18.9 Å². The fourth-order valence-corrected chi connectivity index (χ4v) is 1.91. The largest absolute Gasteiger partial charge is 0.441 e. The van der Waals surface area contributed by atoms with Crippen molar-refractivity contribution in [2.75, 3.05) is 0 Å². The monoisotopic (exact) mass is 202 g/mol. The summed E-state index contributed by atoms with van der Waals surface area (Å²) in [5, 5.41) is 8.72. The highest BCUT2D eigenvalue weighted by molar-refractivity contribution is 5.65. The number of carbonyl (C=O) groups excluding carboxylic acids is 1. The lowest BCUT2D eigenvalue weighted by molar-refractivity contribution is 0.107. The first-order chi connectivity index (χ1) is 7.20. The number of nitriles is 1. The van der Waals surface area contributed by atoms with Gasteiger partial charge in [-0.15, -0.1) is 0 Å². The van der Waals surface area contributed by atoms with Crippen LogP contribution in [0.15, 0.2) is 18.2 Å². The third-order valence-corrected chi connectivity index (χ3v) is 2.55. The van der Waals surface area contributed by atoms with Crippen molar-refractivity contribution in [3.8, 4) is 6.07 Å². The smallest absolute Gasteiger partial charge is 0.405 e. The molecular formula is C11H10N2O2. The highest BCUT2D eigenvalue weighted by Gasteiger charge is 2.25. The van der Waals surface area contributed by atoms with Crippen molar-refractivity contribution in [1.29, 1.82) is 5.26 Å². The lowest BCUT2D eigenvalue weighted by atomic mass is 10.1. The average molecular weight is 202 g/mol. The summed E-state index contributed by atoms with van der Waals surface area (Å²) < 4.78 is 4.97. The lowest BCUT2D eigenvalue weighted by Crippen LogP contribution is -2.15. The van der Waals surface area contributed by atoms with Crippen molar-refractivity contribution >= 4 is 6.09 Å². The molecule has 76 valence electrons. The van der Waals surface area contributed by atoms with Gasteiger partial charge in [-0.25, -0.2) is 4.79 Å². The van der Waals surface area contributed by atoms with Crippen LogP contribution in [0.1, 0.15) is 29.2 Å². The van der Waals surface area contributed by atoms with Crippen LogP contribution in [0.25, 0.3) is 0 Å². The van der Waals surface area contributed by atoms with E-state index in [1.807, 2.05) is 12.1 Å².